The van der Waals surface area contributed by atoms with Crippen molar-refractivity contribution in [3.63, 3.8) is 0 Å². The highest BCUT2D eigenvalue weighted by Gasteiger charge is 2.19. The summed E-state index contributed by atoms with van der Waals surface area (Å²) in [6.07, 6.45) is 0. The summed E-state index contributed by atoms with van der Waals surface area (Å²) in [5.74, 6) is 0. The predicted molar refractivity (Wildman–Crippen MR) is 217 cm³/mol. The molecule has 234 valence electrons. The highest BCUT2D eigenvalue weighted by atomic mass is 14.2. The standard InChI is InChI=1S/C50H34/c1-31-22-24-34-13-4-7-17-39(34)49(31)47-30-46-44-28-36(38-21-11-15-33-12-3-6-16-37(33)38)26-27-43(44)48(29-45(46)41-19-9-10-20-42(41)47)50-32(2)23-25-35-14-5-8-18-40(35)50/h3-30H,1-2H3. The lowest BCUT2D eigenvalue weighted by molar-refractivity contribution is 1.50. The molecular weight excluding hydrogens is 601 g/mol. The Hall–Kier alpha value is -6.24. The van der Waals surface area contributed by atoms with E-state index in [9.17, 15) is 0 Å². The quantitative estimate of drug-likeness (QED) is 0.170. The van der Waals surface area contributed by atoms with Gasteiger partial charge in [0.2, 0.25) is 0 Å². The van der Waals surface area contributed by atoms with E-state index in [0.29, 0.717) is 0 Å². The first kappa shape index (κ1) is 28.7. The number of aryl methyl sites for hydroxylation is 2. The van der Waals surface area contributed by atoms with Crippen molar-refractivity contribution in [3.05, 3.63) is 181 Å². The fourth-order valence-corrected chi connectivity index (χ4v) is 8.53. The minimum Gasteiger partial charge on any atom is -0.0616 e. The second-order valence-corrected chi connectivity index (χ2v) is 13.7. The lowest BCUT2D eigenvalue weighted by Gasteiger charge is -2.20. The maximum atomic E-state index is 2.49. The number of benzene rings is 10. The number of hydrogen-bond acceptors (Lipinski definition) is 0. The third kappa shape index (κ3) is 4.32. The van der Waals surface area contributed by atoms with Crippen LogP contribution in [0, 0.1) is 13.8 Å². The van der Waals surface area contributed by atoms with Crippen molar-refractivity contribution in [2.45, 2.75) is 13.8 Å². The van der Waals surface area contributed by atoms with Gasteiger partial charge in [-0.3, -0.25) is 0 Å². The van der Waals surface area contributed by atoms with Crippen LogP contribution in [0.25, 0.3) is 98.0 Å². The van der Waals surface area contributed by atoms with Crippen LogP contribution in [0.15, 0.2) is 170 Å². The van der Waals surface area contributed by atoms with Gasteiger partial charge in [-0.05, 0) is 141 Å². The van der Waals surface area contributed by atoms with Crippen LogP contribution in [0.5, 0.6) is 0 Å². The van der Waals surface area contributed by atoms with Crippen molar-refractivity contribution in [2.24, 2.45) is 0 Å². The van der Waals surface area contributed by atoms with E-state index in [0.717, 1.165) is 0 Å². The summed E-state index contributed by atoms with van der Waals surface area (Å²) in [5, 5.41) is 15.3. The molecule has 0 heteroatoms. The van der Waals surface area contributed by atoms with Gasteiger partial charge in [0.05, 0.1) is 0 Å². The molecule has 0 aliphatic rings. The summed E-state index contributed by atoms with van der Waals surface area (Å²) in [6.45, 7) is 4.51. The van der Waals surface area contributed by atoms with E-state index in [-0.39, 0.29) is 0 Å². The first-order valence-electron chi connectivity index (χ1n) is 17.5. The first-order chi connectivity index (χ1) is 24.6. The van der Waals surface area contributed by atoms with Gasteiger partial charge < -0.3 is 0 Å². The number of fused-ring (bicyclic) bond motifs is 8. The molecule has 10 aromatic rings. The molecule has 10 rings (SSSR count). The Morgan fingerprint density at radius 3 is 1.32 bits per heavy atom. The van der Waals surface area contributed by atoms with Gasteiger partial charge in [-0.2, -0.15) is 0 Å². The molecule has 0 bridgehead atoms. The summed E-state index contributed by atoms with van der Waals surface area (Å²) in [4.78, 5) is 0. The Morgan fingerprint density at radius 1 is 0.260 bits per heavy atom. The third-order valence-corrected chi connectivity index (χ3v) is 10.9. The average Bonchev–Trinajstić information content (AvgIpc) is 3.17. The summed E-state index contributed by atoms with van der Waals surface area (Å²) in [7, 11) is 0. The van der Waals surface area contributed by atoms with E-state index < -0.39 is 0 Å². The van der Waals surface area contributed by atoms with Crippen molar-refractivity contribution in [1.82, 2.24) is 0 Å². The van der Waals surface area contributed by atoms with Crippen LogP contribution in [0.3, 0.4) is 0 Å². The number of hydrogen-bond donors (Lipinski definition) is 0. The Bertz CT molecular complexity index is 2990. The molecule has 0 aliphatic heterocycles. The van der Waals surface area contributed by atoms with E-state index >= 15 is 0 Å². The Kier molecular flexibility index (Phi) is 6.41. The monoisotopic (exact) mass is 634 g/mol. The summed E-state index contributed by atoms with van der Waals surface area (Å²) >= 11 is 0. The smallest absolute Gasteiger partial charge is 0.00697 e. The van der Waals surface area contributed by atoms with Gasteiger partial charge in [0, 0.05) is 0 Å². The summed E-state index contributed by atoms with van der Waals surface area (Å²) in [6, 6.07) is 63.2. The van der Waals surface area contributed by atoms with Crippen LogP contribution >= 0.6 is 0 Å². The minimum atomic E-state index is 1.23. The van der Waals surface area contributed by atoms with E-state index in [1.807, 2.05) is 0 Å². The maximum absolute atomic E-state index is 2.49. The Balaban J connectivity index is 1.39. The lowest BCUT2D eigenvalue weighted by Crippen LogP contribution is -1.93. The van der Waals surface area contributed by atoms with Crippen LogP contribution in [0.1, 0.15) is 11.1 Å². The van der Waals surface area contributed by atoms with Crippen molar-refractivity contribution >= 4 is 64.6 Å². The fourth-order valence-electron chi connectivity index (χ4n) is 8.53. The predicted octanol–water partition coefficient (Wildman–Crippen LogP) is 14.2. The second kappa shape index (κ2) is 11.2. The molecule has 0 saturated carbocycles. The van der Waals surface area contributed by atoms with Crippen LogP contribution in [0.4, 0.5) is 0 Å². The Morgan fingerprint density at radius 2 is 0.700 bits per heavy atom. The van der Waals surface area contributed by atoms with Crippen LogP contribution in [-0.4, -0.2) is 0 Å². The maximum Gasteiger partial charge on any atom is -0.00697 e. The minimum absolute atomic E-state index is 1.23. The van der Waals surface area contributed by atoms with Gasteiger partial charge in [-0.25, -0.2) is 0 Å². The van der Waals surface area contributed by atoms with Gasteiger partial charge in [-0.15, -0.1) is 0 Å². The summed E-state index contributed by atoms with van der Waals surface area (Å²) < 4.78 is 0. The molecule has 0 spiro atoms. The highest BCUT2D eigenvalue weighted by molar-refractivity contribution is 6.26. The molecule has 0 aliphatic carbocycles. The summed E-state index contributed by atoms with van der Waals surface area (Å²) in [5.41, 5.74) is 10.3. The first-order valence-corrected chi connectivity index (χ1v) is 17.5. The molecule has 0 radical (unpaired) electrons. The van der Waals surface area contributed by atoms with Crippen molar-refractivity contribution in [1.29, 1.82) is 0 Å². The van der Waals surface area contributed by atoms with Gasteiger partial charge in [0.25, 0.3) is 0 Å². The van der Waals surface area contributed by atoms with Crippen molar-refractivity contribution in [3.8, 4) is 33.4 Å². The highest BCUT2D eigenvalue weighted by Crippen LogP contribution is 2.46. The molecular formula is C50H34. The second-order valence-electron chi connectivity index (χ2n) is 13.7. The van der Waals surface area contributed by atoms with Gasteiger partial charge >= 0.3 is 0 Å². The molecule has 0 heterocycles. The zero-order valence-corrected chi connectivity index (χ0v) is 28.2. The van der Waals surface area contributed by atoms with Crippen LogP contribution in [0.2, 0.25) is 0 Å². The molecule has 0 aromatic heterocycles. The fraction of sp³-hybridized carbons (Fsp3) is 0.0400. The number of rotatable bonds is 3. The molecule has 0 unspecified atom stereocenters. The third-order valence-electron chi connectivity index (χ3n) is 10.9. The van der Waals surface area contributed by atoms with E-state index in [4.69, 9.17) is 0 Å². The SMILES string of the molecule is Cc1ccc2ccccc2c1-c1cc2c3cc(-c4cccc5ccccc45)ccc3c(-c3c(C)ccc4ccccc34)cc2c2ccccc12. The van der Waals surface area contributed by atoms with Crippen molar-refractivity contribution in [2.75, 3.05) is 0 Å². The molecule has 10 aromatic carbocycles. The normalized spacial score (nSPS) is 11.8. The van der Waals surface area contributed by atoms with Crippen molar-refractivity contribution < 1.29 is 0 Å². The zero-order chi connectivity index (χ0) is 33.3. The van der Waals surface area contributed by atoms with E-state index in [1.165, 1.54) is 109 Å². The van der Waals surface area contributed by atoms with Gasteiger partial charge in [0.15, 0.2) is 0 Å². The average molecular weight is 635 g/mol. The van der Waals surface area contributed by atoms with E-state index in [1.54, 1.807) is 0 Å². The topological polar surface area (TPSA) is 0 Å². The molecule has 0 amide bonds. The van der Waals surface area contributed by atoms with E-state index in [2.05, 4.69) is 184 Å². The molecule has 0 saturated heterocycles. The molecule has 0 N–H and O–H groups in total. The van der Waals surface area contributed by atoms with Gasteiger partial charge in [-0.1, -0.05) is 152 Å². The Labute approximate surface area is 291 Å². The molecule has 0 nitrogen and oxygen atoms in total. The molecule has 0 fully saturated rings. The largest absolute Gasteiger partial charge is 0.0616 e. The lowest BCUT2D eigenvalue weighted by atomic mass is 9.83. The zero-order valence-electron chi connectivity index (χ0n) is 28.2. The molecule has 50 heavy (non-hydrogen) atoms. The van der Waals surface area contributed by atoms with Crippen LogP contribution in [-0.2, 0) is 0 Å². The molecule has 0 atom stereocenters. The van der Waals surface area contributed by atoms with Crippen LogP contribution < -0.4 is 0 Å². The van der Waals surface area contributed by atoms with Gasteiger partial charge in [0.1, 0.15) is 0 Å².